The molecule has 2 aromatic rings. The third-order valence-corrected chi connectivity index (χ3v) is 4.08. The van der Waals surface area contributed by atoms with Crippen molar-refractivity contribution in [2.75, 3.05) is 5.32 Å². The number of hydrogen-bond acceptors (Lipinski definition) is 4. The second-order valence-electron chi connectivity index (χ2n) is 5.85. The summed E-state index contributed by atoms with van der Waals surface area (Å²) in [5.74, 6) is -0.274. The summed E-state index contributed by atoms with van der Waals surface area (Å²) in [6.45, 7) is 4.93. The van der Waals surface area contributed by atoms with E-state index < -0.39 is 5.56 Å². The van der Waals surface area contributed by atoms with E-state index in [2.05, 4.69) is 10.3 Å². The van der Waals surface area contributed by atoms with Crippen LogP contribution in [-0.4, -0.2) is 16.7 Å². The summed E-state index contributed by atoms with van der Waals surface area (Å²) >= 11 is 0. The fourth-order valence-electron chi connectivity index (χ4n) is 2.70. The number of benzene rings is 1. The van der Waals surface area contributed by atoms with Crippen LogP contribution in [0.2, 0.25) is 0 Å². The number of nitriles is 1. The SMILES string of the molecule is CC(=O)c1cccc(NC(=O)CCc2c(C)[nH]c(=O)c(C#N)c2C)c1. The maximum absolute atomic E-state index is 12.2. The third kappa shape index (κ3) is 4.21. The van der Waals surface area contributed by atoms with Gasteiger partial charge in [0.1, 0.15) is 11.6 Å². The Hall–Kier alpha value is -3.20. The molecule has 1 heterocycles. The van der Waals surface area contributed by atoms with Gasteiger partial charge < -0.3 is 10.3 Å². The van der Waals surface area contributed by atoms with Crippen LogP contribution in [-0.2, 0) is 11.2 Å². The Morgan fingerprint density at radius 1 is 1.28 bits per heavy atom. The zero-order valence-electron chi connectivity index (χ0n) is 14.4. The van der Waals surface area contributed by atoms with Crippen LogP contribution in [0.1, 0.15) is 46.1 Å². The molecule has 0 fully saturated rings. The van der Waals surface area contributed by atoms with Gasteiger partial charge in [0.25, 0.3) is 5.56 Å². The van der Waals surface area contributed by atoms with Crippen molar-refractivity contribution in [3.05, 3.63) is 62.6 Å². The molecule has 1 amide bonds. The van der Waals surface area contributed by atoms with Crippen molar-refractivity contribution in [2.24, 2.45) is 0 Å². The summed E-state index contributed by atoms with van der Waals surface area (Å²) < 4.78 is 0. The van der Waals surface area contributed by atoms with E-state index in [0.29, 0.717) is 28.9 Å². The number of aryl methyl sites for hydroxylation is 1. The Kier molecular flexibility index (Phi) is 5.50. The molecule has 0 saturated heterocycles. The smallest absolute Gasteiger partial charge is 0.266 e. The summed E-state index contributed by atoms with van der Waals surface area (Å²) in [5.41, 5.74) is 2.82. The maximum atomic E-state index is 12.2. The number of aromatic nitrogens is 1. The van der Waals surface area contributed by atoms with Crippen LogP contribution in [0.15, 0.2) is 29.1 Å². The molecule has 6 heteroatoms. The Balaban J connectivity index is 2.11. The summed E-state index contributed by atoms with van der Waals surface area (Å²) in [7, 11) is 0. The van der Waals surface area contributed by atoms with Crippen LogP contribution in [0.3, 0.4) is 0 Å². The van der Waals surface area contributed by atoms with Crippen molar-refractivity contribution in [2.45, 2.75) is 33.6 Å². The largest absolute Gasteiger partial charge is 0.326 e. The number of amides is 1. The van der Waals surface area contributed by atoms with Gasteiger partial charge in [-0.15, -0.1) is 0 Å². The van der Waals surface area contributed by atoms with Gasteiger partial charge in [-0.2, -0.15) is 5.26 Å². The van der Waals surface area contributed by atoms with Crippen molar-refractivity contribution < 1.29 is 9.59 Å². The first-order valence-electron chi connectivity index (χ1n) is 7.86. The number of H-pyrrole nitrogens is 1. The van der Waals surface area contributed by atoms with E-state index >= 15 is 0 Å². The van der Waals surface area contributed by atoms with E-state index in [1.807, 2.05) is 6.07 Å². The van der Waals surface area contributed by atoms with Gasteiger partial charge in [0.15, 0.2) is 5.78 Å². The highest BCUT2D eigenvalue weighted by molar-refractivity contribution is 5.97. The molecule has 6 nitrogen and oxygen atoms in total. The van der Waals surface area contributed by atoms with E-state index in [1.54, 1.807) is 38.1 Å². The number of rotatable bonds is 5. The molecule has 0 aliphatic carbocycles. The molecule has 128 valence electrons. The van der Waals surface area contributed by atoms with Crippen molar-refractivity contribution in [1.29, 1.82) is 5.26 Å². The molecular weight excluding hydrogens is 318 g/mol. The lowest BCUT2D eigenvalue weighted by Crippen LogP contribution is -2.18. The standard InChI is InChI=1S/C19H19N3O3/c1-11-16(12(2)21-19(25)17(11)10-20)7-8-18(24)22-15-6-4-5-14(9-15)13(3)23/h4-6,9H,7-8H2,1-3H3,(H,21,25)(H,22,24). The Morgan fingerprint density at radius 2 is 2.00 bits per heavy atom. The molecular formula is C19H19N3O3. The number of anilines is 1. The highest BCUT2D eigenvalue weighted by Crippen LogP contribution is 2.16. The maximum Gasteiger partial charge on any atom is 0.266 e. The van der Waals surface area contributed by atoms with Gasteiger partial charge in [0.05, 0.1) is 0 Å². The number of carbonyl (C=O) groups excluding carboxylic acids is 2. The number of Topliss-reactive ketones (excluding diaryl/α,β-unsaturated/α-hetero) is 1. The molecule has 0 radical (unpaired) electrons. The minimum Gasteiger partial charge on any atom is -0.326 e. The van der Waals surface area contributed by atoms with E-state index in [0.717, 1.165) is 5.56 Å². The second kappa shape index (κ2) is 7.58. The second-order valence-corrected chi connectivity index (χ2v) is 5.85. The number of ketones is 1. The van der Waals surface area contributed by atoms with Crippen molar-refractivity contribution in [3.63, 3.8) is 0 Å². The molecule has 25 heavy (non-hydrogen) atoms. The minimum absolute atomic E-state index is 0.0698. The molecule has 0 unspecified atom stereocenters. The average molecular weight is 337 g/mol. The number of carbonyl (C=O) groups is 2. The third-order valence-electron chi connectivity index (χ3n) is 4.08. The van der Waals surface area contributed by atoms with Crippen LogP contribution < -0.4 is 10.9 Å². The van der Waals surface area contributed by atoms with Crippen molar-refractivity contribution in [3.8, 4) is 6.07 Å². The van der Waals surface area contributed by atoms with Crippen molar-refractivity contribution in [1.82, 2.24) is 4.98 Å². The molecule has 1 aromatic carbocycles. The van der Waals surface area contributed by atoms with Gasteiger partial charge in [-0.25, -0.2) is 0 Å². The Labute approximate surface area is 145 Å². The fourth-order valence-corrected chi connectivity index (χ4v) is 2.70. The van der Waals surface area contributed by atoms with Gasteiger partial charge in [-0.05, 0) is 50.5 Å². The zero-order valence-corrected chi connectivity index (χ0v) is 14.4. The number of pyridine rings is 1. The highest BCUT2D eigenvalue weighted by atomic mass is 16.1. The molecule has 2 rings (SSSR count). The molecule has 0 spiro atoms. The van der Waals surface area contributed by atoms with Gasteiger partial charge in [0.2, 0.25) is 5.91 Å². The van der Waals surface area contributed by atoms with E-state index in [9.17, 15) is 14.4 Å². The first-order chi connectivity index (χ1) is 11.8. The van der Waals surface area contributed by atoms with Crippen LogP contribution in [0, 0.1) is 25.2 Å². The van der Waals surface area contributed by atoms with Crippen molar-refractivity contribution >= 4 is 17.4 Å². The average Bonchev–Trinajstić information content (AvgIpc) is 2.54. The molecule has 0 bridgehead atoms. The van der Waals surface area contributed by atoms with Gasteiger partial charge in [-0.1, -0.05) is 12.1 Å². The molecule has 0 aliphatic rings. The summed E-state index contributed by atoms with van der Waals surface area (Å²) in [4.78, 5) is 37.9. The van der Waals surface area contributed by atoms with E-state index in [-0.39, 0.29) is 23.7 Å². The molecule has 0 atom stereocenters. The quantitative estimate of drug-likeness (QED) is 0.819. The first-order valence-corrected chi connectivity index (χ1v) is 7.86. The lowest BCUT2D eigenvalue weighted by molar-refractivity contribution is -0.116. The lowest BCUT2D eigenvalue weighted by atomic mass is 9.99. The van der Waals surface area contributed by atoms with E-state index in [4.69, 9.17) is 5.26 Å². The van der Waals surface area contributed by atoms with Crippen LogP contribution >= 0.6 is 0 Å². The molecule has 0 aliphatic heterocycles. The van der Waals surface area contributed by atoms with Gasteiger partial charge >= 0.3 is 0 Å². The predicted octanol–water partition coefficient (Wildman–Crippen LogP) is 2.64. The van der Waals surface area contributed by atoms with Crippen LogP contribution in [0.5, 0.6) is 0 Å². The summed E-state index contributed by atoms with van der Waals surface area (Å²) in [5, 5.41) is 11.8. The topological polar surface area (TPSA) is 103 Å². The molecule has 2 N–H and O–H groups in total. The molecule has 1 aromatic heterocycles. The van der Waals surface area contributed by atoms with Crippen LogP contribution in [0.25, 0.3) is 0 Å². The zero-order chi connectivity index (χ0) is 18.6. The normalized spacial score (nSPS) is 10.2. The summed E-state index contributed by atoms with van der Waals surface area (Å²) in [6.07, 6.45) is 0.601. The highest BCUT2D eigenvalue weighted by Gasteiger charge is 2.13. The van der Waals surface area contributed by atoms with Gasteiger partial charge in [-0.3, -0.25) is 14.4 Å². The number of nitrogens with one attached hydrogen (secondary N) is 2. The van der Waals surface area contributed by atoms with Gasteiger partial charge in [0, 0.05) is 23.4 Å². The fraction of sp³-hybridized carbons (Fsp3) is 0.263. The number of hydrogen-bond donors (Lipinski definition) is 2. The number of nitrogens with zero attached hydrogens (tertiary/aromatic N) is 1. The number of aromatic amines is 1. The monoisotopic (exact) mass is 337 g/mol. The lowest BCUT2D eigenvalue weighted by Gasteiger charge is -2.11. The first kappa shape index (κ1) is 18.1. The minimum atomic E-state index is -0.410. The summed E-state index contributed by atoms with van der Waals surface area (Å²) in [6, 6.07) is 8.64. The van der Waals surface area contributed by atoms with E-state index in [1.165, 1.54) is 6.92 Å². The molecule has 0 saturated carbocycles. The Bertz CT molecular complexity index is 936. The van der Waals surface area contributed by atoms with Crippen LogP contribution in [0.4, 0.5) is 5.69 Å². The Morgan fingerprint density at radius 3 is 2.64 bits per heavy atom. The predicted molar refractivity (Wildman–Crippen MR) is 94.6 cm³/mol.